The summed E-state index contributed by atoms with van der Waals surface area (Å²) in [5.41, 5.74) is 6.42. The summed E-state index contributed by atoms with van der Waals surface area (Å²) in [6, 6.07) is 19.5. The van der Waals surface area contributed by atoms with Gasteiger partial charge in [-0.05, 0) is 56.9 Å². The Kier molecular flexibility index (Phi) is 9.88. The number of aliphatic hydroxyl groups is 1. The van der Waals surface area contributed by atoms with E-state index >= 15 is 0 Å². The molecular formula is C39H40Cl2N6O4. The Morgan fingerprint density at radius 3 is 2.37 bits per heavy atom. The number of carbonyl (C=O) groups is 1. The fourth-order valence-corrected chi connectivity index (χ4v) is 7.75. The standard InChI is InChI=1S/C39H40Cl2N6O4/c1-22-31(21-43-26-17-39(2,50)18-26)38(49)47-15-14-23(16-33(47)44-22)27-6-4-7-28(35(27)40)29-8-5-9-30(36(29)41)32-12-10-24(37(46-32)51-3)19-42-20-25-11-13-34(48)45-25/h4-10,12,14-16,25-26,42-43,50H,11,13,17-21H2,1-3H3,(H,45,48)/t25-,26?,39?/m1/s1. The normalized spacial score (nSPS) is 20.0. The van der Waals surface area contributed by atoms with E-state index < -0.39 is 5.60 Å². The average molecular weight is 728 g/mol. The van der Waals surface area contributed by atoms with Gasteiger partial charge >= 0.3 is 0 Å². The lowest BCUT2D eigenvalue weighted by Gasteiger charge is -2.41. The molecule has 10 nitrogen and oxygen atoms in total. The summed E-state index contributed by atoms with van der Waals surface area (Å²) in [4.78, 5) is 34.5. The highest BCUT2D eigenvalue weighted by molar-refractivity contribution is 6.39. The lowest BCUT2D eigenvalue weighted by atomic mass is 9.77. The molecule has 1 amide bonds. The van der Waals surface area contributed by atoms with Crippen LogP contribution in [0.1, 0.15) is 49.4 Å². The minimum atomic E-state index is -0.638. The summed E-state index contributed by atoms with van der Waals surface area (Å²) >= 11 is 14.2. The van der Waals surface area contributed by atoms with E-state index in [4.69, 9.17) is 37.9 Å². The molecular weight excluding hydrogens is 687 g/mol. The second kappa shape index (κ2) is 14.4. The Morgan fingerprint density at radius 2 is 1.69 bits per heavy atom. The number of aryl methyl sites for hydroxylation is 1. The quantitative estimate of drug-likeness (QED) is 0.129. The number of ether oxygens (including phenoxy) is 1. The molecule has 3 aromatic heterocycles. The zero-order valence-electron chi connectivity index (χ0n) is 28.7. The monoisotopic (exact) mass is 726 g/mol. The molecule has 0 unspecified atom stereocenters. The first-order valence-corrected chi connectivity index (χ1v) is 17.9. The third-order valence-corrected chi connectivity index (χ3v) is 10.7. The van der Waals surface area contributed by atoms with Crippen molar-refractivity contribution in [2.24, 2.45) is 0 Å². The molecule has 1 aliphatic heterocycles. The van der Waals surface area contributed by atoms with Crippen LogP contribution in [0.3, 0.4) is 0 Å². The third kappa shape index (κ3) is 7.24. The molecule has 0 spiro atoms. The van der Waals surface area contributed by atoms with Gasteiger partial charge in [-0.2, -0.15) is 0 Å². The fourth-order valence-electron chi connectivity index (χ4n) is 7.09. The SMILES string of the molecule is COc1nc(-c2cccc(-c3cccc(-c4ccn5c(=O)c(CNC6CC(C)(O)C6)c(C)nc5c4)c3Cl)c2Cl)ccc1CNC[C@H]1CCC(=O)N1. The fraction of sp³-hybridized carbons (Fsp3) is 0.333. The summed E-state index contributed by atoms with van der Waals surface area (Å²) in [6.45, 7) is 5.28. The summed E-state index contributed by atoms with van der Waals surface area (Å²) in [5, 5.41) is 20.8. The lowest BCUT2D eigenvalue weighted by molar-refractivity contribution is -0.119. The molecule has 1 saturated heterocycles. The first-order chi connectivity index (χ1) is 24.5. The van der Waals surface area contributed by atoms with Crippen LogP contribution in [0.4, 0.5) is 0 Å². The van der Waals surface area contributed by atoms with Crippen molar-refractivity contribution in [3.8, 4) is 39.4 Å². The van der Waals surface area contributed by atoms with E-state index in [1.807, 2.05) is 74.5 Å². The topological polar surface area (TPSA) is 130 Å². The molecule has 51 heavy (non-hydrogen) atoms. The number of nitrogens with zero attached hydrogens (tertiary/aromatic N) is 3. The van der Waals surface area contributed by atoms with Gasteiger partial charge < -0.3 is 25.8 Å². The molecule has 264 valence electrons. The van der Waals surface area contributed by atoms with Crippen molar-refractivity contribution in [2.75, 3.05) is 13.7 Å². The van der Waals surface area contributed by atoms with Crippen LogP contribution in [0, 0.1) is 6.92 Å². The summed E-state index contributed by atoms with van der Waals surface area (Å²) < 4.78 is 7.21. The van der Waals surface area contributed by atoms with Crippen LogP contribution in [0.5, 0.6) is 5.88 Å². The second-order valence-corrected chi connectivity index (χ2v) is 14.5. The molecule has 1 aliphatic carbocycles. The Bertz CT molecular complexity index is 2200. The maximum Gasteiger partial charge on any atom is 0.262 e. The van der Waals surface area contributed by atoms with E-state index in [1.54, 1.807) is 17.7 Å². The minimum Gasteiger partial charge on any atom is -0.481 e. The largest absolute Gasteiger partial charge is 0.481 e. The number of rotatable bonds is 11. The first-order valence-electron chi connectivity index (χ1n) is 17.1. The number of benzene rings is 2. The van der Waals surface area contributed by atoms with Gasteiger partial charge in [-0.3, -0.25) is 14.0 Å². The first kappa shape index (κ1) is 35.1. The van der Waals surface area contributed by atoms with Crippen LogP contribution < -0.4 is 26.2 Å². The van der Waals surface area contributed by atoms with Crippen molar-refractivity contribution in [3.63, 3.8) is 0 Å². The van der Waals surface area contributed by atoms with Gasteiger partial charge in [0.1, 0.15) is 5.65 Å². The molecule has 5 aromatic rings. The van der Waals surface area contributed by atoms with Gasteiger partial charge in [-0.15, -0.1) is 0 Å². The number of halogens is 2. The van der Waals surface area contributed by atoms with Crippen LogP contribution in [0.2, 0.25) is 10.0 Å². The number of nitrogens with one attached hydrogen (secondary N) is 3. The molecule has 1 saturated carbocycles. The molecule has 12 heteroatoms. The van der Waals surface area contributed by atoms with E-state index in [2.05, 4.69) is 16.0 Å². The molecule has 4 heterocycles. The zero-order valence-corrected chi connectivity index (χ0v) is 30.2. The maximum absolute atomic E-state index is 13.5. The van der Waals surface area contributed by atoms with Crippen molar-refractivity contribution in [1.82, 2.24) is 30.3 Å². The zero-order chi connectivity index (χ0) is 35.9. The number of methoxy groups -OCH3 is 1. The minimum absolute atomic E-state index is 0.0939. The number of hydrogen-bond donors (Lipinski definition) is 4. The highest BCUT2D eigenvalue weighted by atomic mass is 35.5. The Balaban J connectivity index is 1.13. The van der Waals surface area contributed by atoms with E-state index in [9.17, 15) is 14.7 Å². The lowest BCUT2D eigenvalue weighted by Crippen LogP contribution is -2.51. The Labute approximate surface area is 306 Å². The van der Waals surface area contributed by atoms with Gasteiger partial charge in [-0.1, -0.05) is 65.7 Å². The number of aromatic nitrogens is 3. The summed E-state index contributed by atoms with van der Waals surface area (Å²) in [6.07, 6.45) is 4.45. The second-order valence-electron chi connectivity index (χ2n) is 13.7. The van der Waals surface area contributed by atoms with E-state index in [0.717, 1.165) is 39.8 Å². The molecule has 2 aromatic carbocycles. The Hall–Kier alpha value is -4.32. The van der Waals surface area contributed by atoms with Crippen molar-refractivity contribution in [1.29, 1.82) is 0 Å². The predicted molar refractivity (Wildman–Crippen MR) is 200 cm³/mol. The smallest absolute Gasteiger partial charge is 0.262 e. The van der Waals surface area contributed by atoms with Crippen molar-refractivity contribution < 1.29 is 14.6 Å². The highest BCUT2D eigenvalue weighted by Crippen LogP contribution is 2.42. The number of carbonyl (C=O) groups excluding carboxylic acids is 1. The van der Waals surface area contributed by atoms with Gasteiger partial charge in [0, 0.05) is 77.8 Å². The molecule has 0 radical (unpaired) electrons. The van der Waals surface area contributed by atoms with Crippen LogP contribution in [-0.2, 0) is 17.9 Å². The van der Waals surface area contributed by atoms with Gasteiger partial charge in [0.05, 0.1) is 34.0 Å². The average Bonchev–Trinajstić information content (AvgIpc) is 3.52. The van der Waals surface area contributed by atoms with Crippen molar-refractivity contribution >= 4 is 34.8 Å². The molecule has 0 bridgehead atoms. The van der Waals surface area contributed by atoms with Crippen molar-refractivity contribution in [3.05, 3.63) is 104 Å². The molecule has 4 N–H and O–H groups in total. The molecule has 1 atom stereocenters. The number of hydrogen-bond acceptors (Lipinski definition) is 8. The molecule has 2 aliphatic rings. The van der Waals surface area contributed by atoms with Crippen LogP contribution in [0.15, 0.2) is 71.7 Å². The van der Waals surface area contributed by atoms with Gasteiger partial charge in [0.15, 0.2) is 0 Å². The third-order valence-electron chi connectivity index (χ3n) is 9.87. The van der Waals surface area contributed by atoms with Crippen LogP contribution in [0.25, 0.3) is 39.2 Å². The Morgan fingerprint density at radius 1 is 0.980 bits per heavy atom. The van der Waals surface area contributed by atoms with Gasteiger partial charge in [0.25, 0.3) is 5.56 Å². The predicted octanol–water partition coefficient (Wildman–Crippen LogP) is 6.09. The van der Waals surface area contributed by atoms with Crippen molar-refractivity contribution in [2.45, 2.75) is 70.3 Å². The number of amides is 1. The number of fused-ring (bicyclic) bond motifs is 1. The van der Waals surface area contributed by atoms with Crippen LogP contribution >= 0.6 is 23.2 Å². The summed E-state index contributed by atoms with van der Waals surface area (Å²) in [5.74, 6) is 0.587. The van der Waals surface area contributed by atoms with Crippen LogP contribution in [-0.4, -0.2) is 56.7 Å². The van der Waals surface area contributed by atoms with E-state index in [0.29, 0.717) is 77.4 Å². The van der Waals surface area contributed by atoms with Gasteiger partial charge in [-0.25, -0.2) is 9.97 Å². The summed E-state index contributed by atoms with van der Waals surface area (Å²) in [7, 11) is 1.59. The molecule has 7 rings (SSSR count). The highest BCUT2D eigenvalue weighted by Gasteiger charge is 2.38. The molecule has 2 fully saturated rings. The number of pyridine rings is 2. The van der Waals surface area contributed by atoms with E-state index in [-0.39, 0.29) is 23.6 Å². The maximum atomic E-state index is 13.5. The van der Waals surface area contributed by atoms with E-state index in [1.165, 1.54) is 0 Å². The van der Waals surface area contributed by atoms with Gasteiger partial charge in [0.2, 0.25) is 11.8 Å².